The third kappa shape index (κ3) is 3.57. The van der Waals surface area contributed by atoms with Crippen LogP contribution >= 0.6 is 27.3 Å². The van der Waals surface area contributed by atoms with E-state index in [1.54, 1.807) is 24.5 Å². The Labute approximate surface area is 125 Å². The molecule has 0 aliphatic heterocycles. The number of hydrogen-bond donors (Lipinski definition) is 1. The molecular formula is C14H13BrN2OS. The molecule has 1 aromatic carbocycles. The molecule has 0 aliphatic rings. The van der Waals surface area contributed by atoms with Gasteiger partial charge in [0.25, 0.3) is 0 Å². The lowest BCUT2D eigenvalue weighted by molar-refractivity contribution is 0.407. The van der Waals surface area contributed by atoms with Crippen molar-refractivity contribution in [1.82, 2.24) is 5.32 Å². The van der Waals surface area contributed by atoms with E-state index in [9.17, 15) is 0 Å². The maximum Gasteiger partial charge on any atom is 0.123 e. The van der Waals surface area contributed by atoms with Gasteiger partial charge in [0.2, 0.25) is 0 Å². The van der Waals surface area contributed by atoms with Crippen molar-refractivity contribution >= 4 is 27.3 Å². The van der Waals surface area contributed by atoms with Crippen molar-refractivity contribution in [3.8, 4) is 11.8 Å². The number of nitrogens with one attached hydrogen (secondary N) is 1. The first-order chi connectivity index (χ1) is 9.24. The predicted octanol–water partition coefficient (Wildman–Crippen LogP) is 3.68. The molecule has 1 N–H and O–H groups in total. The van der Waals surface area contributed by atoms with Crippen LogP contribution in [-0.4, -0.2) is 7.11 Å². The smallest absolute Gasteiger partial charge is 0.123 e. The zero-order valence-electron chi connectivity index (χ0n) is 10.4. The highest BCUT2D eigenvalue weighted by Gasteiger charge is 2.05. The van der Waals surface area contributed by atoms with Crippen LogP contribution in [0.25, 0.3) is 0 Å². The number of halogens is 1. The normalized spacial score (nSPS) is 10.2. The standard InChI is InChI=1S/C14H13BrN2OS/c1-18-13-3-2-10(7-16)6-11(13)8-17-9-14-12(15)4-5-19-14/h2-6,17H,8-9H2,1H3. The second-order valence-electron chi connectivity index (χ2n) is 3.93. The molecule has 0 saturated heterocycles. The van der Waals surface area contributed by atoms with Crippen molar-refractivity contribution in [2.75, 3.05) is 7.11 Å². The van der Waals surface area contributed by atoms with E-state index in [-0.39, 0.29) is 0 Å². The molecule has 0 bridgehead atoms. The summed E-state index contributed by atoms with van der Waals surface area (Å²) >= 11 is 5.22. The van der Waals surface area contributed by atoms with E-state index < -0.39 is 0 Å². The molecule has 0 amide bonds. The second kappa shape index (κ2) is 6.71. The number of thiophene rings is 1. The summed E-state index contributed by atoms with van der Waals surface area (Å²) in [6.07, 6.45) is 0. The summed E-state index contributed by atoms with van der Waals surface area (Å²) in [5.74, 6) is 0.803. The Morgan fingerprint density at radius 2 is 2.21 bits per heavy atom. The first-order valence-corrected chi connectivity index (χ1v) is 7.41. The fraction of sp³-hybridized carbons (Fsp3) is 0.214. The van der Waals surface area contributed by atoms with Crippen LogP contribution < -0.4 is 10.1 Å². The van der Waals surface area contributed by atoms with Gasteiger partial charge >= 0.3 is 0 Å². The van der Waals surface area contributed by atoms with Gasteiger partial charge < -0.3 is 10.1 Å². The van der Waals surface area contributed by atoms with E-state index in [2.05, 4.69) is 32.7 Å². The van der Waals surface area contributed by atoms with E-state index >= 15 is 0 Å². The van der Waals surface area contributed by atoms with Gasteiger partial charge in [-0.2, -0.15) is 5.26 Å². The maximum absolute atomic E-state index is 8.92. The average Bonchev–Trinajstić information content (AvgIpc) is 2.84. The minimum absolute atomic E-state index is 0.648. The van der Waals surface area contributed by atoms with Crippen molar-refractivity contribution in [2.24, 2.45) is 0 Å². The minimum atomic E-state index is 0.648. The summed E-state index contributed by atoms with van der Waals surface area (Å²) in [5.41, 5.74) is 1.64. The Bertz CT molecular complexity index is 604. The number of nitriles is 1. The molecule has 0 spiro atoms. The van der Waals surface area contributed by atoms with E-state index in [0.717, 1.165) is 22.3 Å². The molecule has 2 rings (SSSR count). The molecule has 2 aromatic rings. The Balaban J connectivity index is 2.03. The number of rotatable bonds is 5. The van der Waals surface area contributed by atoms with Crippen molar-refractivity contribution in [2.45, 2.75) is 13.1 Å². The van der Waals surface area contributed by atoms with E-state index in [0.29, 0.717) is 12.1 Å². The highest BCUT2D eigenvalue weighted by Crippen LogP contribution is 2.23. The molecule has 3 nitrogen and oxygen atoms in total. The van der Waals surface area contributed by atoms with Gasteiger partial charge in [-0.15, -0.1) is 11.3 Å². The van der Waals surface area contributed by atoms with Crippen LogP contribution in [0.4, 0.5) is 0 Å². The van der Waals surface area contributed by atoms with Crippen molar-refractivity contribution < 1.29 is 4.74 Å². The van der Waals surface area contributed by atoms with Gasteiger partial charge in [-0.25, -0.2) is 0 Å². The van der Waals surface area contributed by atoms with Crippen LogP contribution in [0.2, 0.25) is 0 Å². The van der Waals surface area contributed by atoms with E-state index in [1.807, 2.05) is 18.2 Å². The number of ether oxygens (including phenoxy) is 1. The summed E-state index contributed by atoms with van der Waals surface area (Å²) in [6, 6.07) is 9.63. The lowest BCUT2D eigenvalue weighted by Gasteiger charge is -2.09. The molecule has 0 atom stereocenters. The fourth-order valence-electron chi connectivity index (χ4n) is 1.75. The molecule has 0 radical (unpaired) electrons. The number of hydrogen-bond acceptors (Lipinski definition) is 4. The Kier molecular flexibility index (Phi) is 4.97. The highest BCUT2D eigenvalue weighted by molar-refractivity contribution is 9.10. The molecule has 5 heteroatoms. The van der Waals surface area contributed by atoms with Gasteiger partial charge in [0.05, 0.1) is 18.7 Å². The number of nitrogens with zero attached hydrogens (tertiary/aromatic N) is 1. The summed E-state index contributed by atoms with van der Waals surface area (Å²) in [6.45, 7) is 1.46. The molecule has 19 heavy (non-hydrogen) atoms. The summed E-state index contributed by atoms with van der Waals surface area (Å²) in [4.78, 5) is 1.26. The van der Waals surface area contributed by atoms with Gasteiger partial charge in [-0.05, 0) is 45.6 Å². The van der Waals surface area contributed by atoms with Crippen molar-refractivity contribution in [3.63, 3.8) is 0 Å². The molecular weight excluding hydrogens is 324 g/mol. The van der Waals surface area contributed by atoms with E-state index in [4.69, 9.17) is 10.00 Å². The fourth-order valence-corrected chi connectivity index (χ4v) is 3.21. The zero-order chi connectivity index (χ0) is 13.7. The maximum atomic E-state index is 8.92. The van der Waals surface area contributed by atoms with Gasteiger partial charge in [-0.1, -0.05) is 0 Å². The molecule has 1 aromatic heterocycles. The van der Waals surface area contributed by atoms with Gasteiger partial charge in [0.1, 0.15) is 5.75 Å². The molecule has 0 aliphatic carbocycles. The van der Waals surface area contributed by atoms with Gasteiger partial charge in [-0.3, -0.25) is 0 Å². The second-order valence-corrected chi connectivity index (χ2v) is 5.79. The summed E-state index contributed by atoms with van der Waals surface area (Å²) in [5, 5.41) is 14.3. The first-order valence-electron chi connectivity index (χ1n) is 5.74. The largest absolute Gasteiger partial charge is 0.496 e. The average molecular weight is 337 g/mol. The SMILES string of the molecule is COc1ccc(C#N)cc1CNCc1sccc1Br. The molecule has 0 unspecified atom stereocenters. The van der Waals surface area contributed by atoms with Crippen LogP contribution in [0.15, 0.2) is 34.1 Å². The topological polar surface area (TPSA) is 45.0 Å². The highest BCUT2D eigenvalue weighted by atomic mass is 79.9. The quantitative estimate of drug-likeness (QED) is 0.905. The molecule has 0 fully saturated rings. The number of methoxy groups -OCH3 is 1. The monoisotopic (exact) mass is 336 g/mol. The van der Waals surface area contributed by atoms with Crippen LogP contribution in [-0.2, 0) is 13.1 Å². The summed E-state index contributed by atoms with van der Waals surface area (Å²) in [7, 11) is 1.64. The Hall–Kier alpha value is -1.35. The first kappa shape index (κ1) is 14.1. The van der Waals surface area contributed by atoms with Crippen LogP contribution in [0.1, 0.15) is 16.0 Å². The lowest BCUT2D eigenvalue weighted by atomic mass is 10.1. The van der Waals surface area contributed by atoms with Crippen molar-refractivity contribution in [3.05, 3.63) is 50.1 Å². The third-order valence-electron chi connectivity index (χ3n) is 2.70. The third-order valence-corrected chi connectivity index (χ3v) is 4.63. The van der Waals surface area contributed by atoms with Crippen LogP contribution in [0.5, 0.6) is 5.75 Å². The Morgan fingerprint density at radius 1 is 1.37 bits per heavy atom. The molecule has 0 saturated carbocycles. The van der Waals surface area contributed by atoms with Gasteiger partial charge in [0, 0.05) is 28.0 Å². The summed E-state index contributed by atoms with van der Waals surface area (Å²) < 4.78 is 6.43. The van der Waals surface area contributed by atoms with E-state index in [1.165, 1.54) is 4.88 Å². The van der Waals surface area contributed by atoms with Crippen LogP contribution in [0.3, 0.4) is 0 Å². The van der Waals surface area contributed by atoms with Gasteiger partial charge in [0.15, 0.2) is 0 Å². The van der Waals surface area contributed by atoms with Crippen LogP contribution in [0, 0.1) is 11.3 Å². The molecule has 1 heterocycles. The Morgan fingerprint density at radius 3 is 2.84 bits per heavy atom. The number of benzene rings is 1. The lowest BCUT2D eigenvalue weighted by Crippen LogP contribution is -2.13. The minimum Gasteiger partial charge on any atom is -0.496 e. The molecule has 98 valence electrons. The predicted molar refractivity (Wildman–Crippen MR) is 80.3 cm³/mol. The zero-order valence-corrected chi connectivity index (χ0v) is 12.8. The van der Waals surface area contributed by atoms with Crippen molar-refractivity contribution in [1.29, 1.82) is 5.26 Å².